The second-order valence-electron chi connectivity index (χ2n) is 5.08. The third-order valence-electron chi connectivity index (χ3n) is 3.12. The first-order chi connectivity index (χ1) is 8.08. The van der Waals surface area contributed by atoms with Gasteiger partial charge in [0, 0.05) is 19.6 Å². The third-order valence-corrected chi connectivity index (χ3v) is 3.12. The molecule has 0 fully saturated rings. The van der Waals surface area contributed by atoms with Crippen LogP contribution in [0.25, 0.3) is 0 Å². The van der Waals surface area contributed by atoms with Crippen molar-refractivity contribution in [3.05, 3.63) is 12.2 Å². The van der Waals surface area contributed by atoms with Crippen molar-refractivity contribution in [1.29, 1.82) is 0 Å². The minimum absolute atomic E-state index is 0.161. The van der Waals surface area contributed by atoms with E-state index in [2.05, 4.69) is 22.0 Å². The smallest absolute Gasteiger partial charge is 0.317 e. The lowest BCUT2D eigenvalue weighted by molar-refractivity contribution is -0.138. The highest BCUT2D eigenvalue weighted by molar-refractivity contribution is 5.69. The Morgan fingerprint density at radius 1 is 1.35 bits per heavy atom. The van der Waals surface area contributed by atoms with Gasteiger partial charge in [0.25, 0.3) is 0 Å². The van der Waals surface area contributed by atoms with Gasteiger partial charge in [0.1, 0.15) is 0 Å². The molecule has 0 bridgehead atoms. The lowest BCUT2D eigenvalue weighted by Crippen LogP contribution is -2.38. The van der Waals surface area contributed by atoms with E-state index in [1.807, 2.05) is 14.1 Å². The Bertz CT molecular complexity index is 264. The van der Waals surface area contributed by atoms with Crippen LogP contribution in [-0.2, 0) is 4.79 Å². The van der Waals surface area contributed by atoms with Gasteiger partial charge in [0.15, 0.2) is 0 Å². The lowest BCUT2D eigenvalue weighted by Gasteiger charge is -2.27. The Morgan fingerprint density at radius 2 is 2.12 bits per heavy atom. The first-order valence-corrected chi connectivity index (χ1v) is 6.32. The molecule has 4 heteroatoms. The number of carboxylic acids is 1. The molecule has 1 aliphatic rings. The lowest BCUT2D eigenvalue weighted by atomic mass is 9.94. The summed E-state index contributed by atoms with van der Waals surface area (Å²) in [5.74, 6) is -0.100. The Balaban J connectivity index is 2.38. The molecular formula is C13H24N2O2. The molecule has 0 saturated heterocycles. The number of hydrogen-bond donors (Lipinski definition) is 1. The van der Waals surface area contributed by atoms with E-state index in [1.54, 1.807) is 0 Å². The first kappa shape index (κ1) is 14.2. The SMILES string of the molecule is CN(C)CCN(CC(=O)O)CC1CC=CCC1. The monoisotopic (exact) mass is 240 g/mol. The van der Waals surface area contributed by atoms with Gasteiger partial charge in [-0.3, -0.25) is 9.69 Å². The van der Waals surface area contributed by atoms with E-state index in [0.29, 0.717) is 5.92 Å². The van der Waals surface area contributed by atoms with Crippen molar-refractivity contribution in [2.75, 3.05) is 40.3 Å². The zero-order chi connectivity index (χ0) is 12.7. The number of allylic oxidation sites excluding steroid dienone is 2. The largest absolute Gasteiger partial charge is 0.480 e. The summed E-state index contributed by atoms with van der Waals surface area (Å²) in [5, 5.41) is 8.91. The molecular weight excluding hydrogens is 216 g/mol. The second kappa shape index (κ2) is 7.45. The fourth-order valence-electron chi connectivity index (χ4n) is 2.15. The molecule has 0 aliphatic heterocycles. The van der Waals surface area contributed by atoms with Crippen molar-refractivity contribution in [3.8, 4) is 0 Å². The number of carbonyl (C=O) groups is 1. The van der Waals surface area contributed by atoms with Crippen LogP contribution in [0.3, 0.4) is 0 Å². The van der Waals surface area contributed by atoms with E-state index in [0.717, 1.165) is 32.5 Å². The molecule has 17 heavy (non-hydrogen) atoms. The molecule has 0 radical (unpaired) electrons. The van der Waals surface area contributed by atoms with Crippen LogP contribution in [0.2, 0.25) is 0 Å². The molecule has 0 saturated carbocycles. The summed E-state index contributed by atoms with van der Waals surface area (Å²) in [6.07, 6.45) is 7.86. The molecule has 98 valence electrons. The van der Waals surface area contributed by atoms with Crippen LogP contribution in [0.5, 0.6) is 0 Å². The van der Waals surface area contributed by atoms with Crippen molar-refractivity contribution >= 4 is 5.97 Å². The second-order valence-corrected chi connectivity index (χ2v) is 5.08. The predicted octanol–water partition coefficient (Wildman–Crippen LogP) is 1.29. The summed E-state index contributed by atoms with van der Waals surface area (Å²) >= 11 is 0. The Hall–Kier alpha value is -0.870. The van der Waals surface area contributed by atoms with Crippen LogP contribution in [0.4, 0.5) is 0 Å². The van der Waals surface area contributed by atoms with Gasteiger partial charge in [-0.15, -0.1) is 0 Å². The van der Waals surface area contributed by atoms with Crippen LogP contribution in [0, 0.1) is 5.92 Å². The zero-order valence-corrected chi connectivity index (χ0v) is 10.9. The highest BCUT2D eigenvalue weighted by Gasteiger charge is 2.16. The fourth-order valence-corrected chi connectivity index (χ4v) is 2.15. The Labute approximate surface area is 104 Å². The quantitative estimate of drug-likeness (QED) is 0.681. The molecule has 1 N–H and O–H groups in total. The van der Waals surface area contributed by atoms with Crippen LogP contribution in [0.15, 0.2) is 12.2 Å². The van der Waals surface area contributed by atoms with E-state index in [1.165, 1.54) is 6.42 Å². The van der Waals surface area contributed by atoms with Gasteiger partial charge in [0.05, 0.1) is 6.54 Å². The van der Waals surface area contributed by atoms with Gasteiger partial charge < -0.3 is 10.0 Å². The van der Waals surface area contributed by atoms with Crippen molar-refractivity contribution in [3.63, 3.8) is 0 Å². The van der Waals surface area contributed by atoms with Crippen molar-refractivity contribution in [2.45, 2.75) is 19.3 Å². The summed E-state index contributed by atoms with van der Waals surface area (Å²) < 4.78 is 0. The van der Waals surface area contributed by atoms with E-state index in [-0.39, 0.29) is 6.54 Å². The summed E-state index contributed by atoms with van der Waals surface area (Å²) in [6, 6.07) is 0. The molecule has 0 aromatic rings. The predicted molar refractivity (Wildman–Crippen MR) is 69.1 cm³/mol. The Morgan fingerprint density at radius 3 is 2.65 bits per heavy atom. The minimum atomic E-state index is -0.727. The molecule has 0 spiro atoms. The van der Waals surface area contributed by atoms with Gasteiger partial charge in [-0.25, -0.2) is 0 Å². The van der Waals surface area contributed by atoms with E-state index >= 15 is 0 Å². The topological polar surface area (TPSA) is 43.8 Å². The average Bonchev–Trinajstić information content (AvgIpc) is 2.26. The molecule has 1 atom stereocenters. The number of likely N-dealkylation sites (N-methyl/N-ethyl adjacent to an activating group) is 1. The highest BCUT2D eigenvalue weighted by Crippen LogP contribution is 2.19. The van der Waals surface area contributed by atoms with Crippen molar-refractivity contribution < 1.29 is 9.90 Å². The molecule has 1 aliphatic carbocycles. The molecule has 4 nitrogen and oxygen atoms in total. The summed E-state index contributed by atoms with van der Waals surface area (Å²) in [5.41, 5.74) is 0. The fraction of sp³-hybridized carbons (Fsp3) is 0.769. The van der Waals surface area contributed by atoms with Crippen LogP contribution in [0.1, 0.15) is 19.3 Å². The summed E-state index contributed by atoms with van der Waals surface area (Å²) in [7, 11) is 4.03. The first-order valence-electron chi connectivity index (χ1n) is 6.32. The van der Waals surface area contributed by atoms with Crippen LogP contribution >= 0.6 is 0 Å². The average molecular weight is 240 g/mol. The molecule has 0 aromatic carbocycles. The van der Waals surface area contributed by atoms with Gasteiger partial charge in [-0.2, -0.15) is 0 Å². The standard InChI is InChI=1S/C13H24N2O2/c1-14(2)8-9-15(11-13(16)17)10-12-6-4-3-5-7-12/h3-4,12H,5-11H2,1-2H3,(H,16,17). The van der Waals surface area contributed by atoms with E-state index in [9.17, 15) is 4.79 Å². The van der Waals surface area contributed by atoms with Crippen molar-refractivity contribution in [1.82, 2.24) is 9.80 Å². The summed E-state index contributed by atoms with van der Waals surface area (Å²) in [6.45, 7) is 2.81. The maximum atomic E-state index is 10.8. The van der Waals surface area contributed by atoms with Gasteiger partial charge >= 0.3 is 5.97 Å². The summed E-state index contributed by atoms with van der Waals surface area (Å²) in [4.78, 5) is 15.0. The normalized spacial score (nSPS) is 20.1. The number of hydrogen-bond acceptors (Lipinski definition) is 3. The minimum Gasteiger partial charge on any atom is -0.480 e. The van der Waals surface area contributed by atoms with Gasteiger partial charge in [-0.1, -0.05) is 12.2 Å². The molecule has 0 aromatic heterocycles. The highest BCUT2D eigenvalue weighted by atomic mass is 16.4. The number of aliphatic carboxylic acids is 1. The van der Waals surface area contributed by atoms with E-state index in [4.69, 9.17) is 5.11 Å². The Kier molecular flexibility index (Phi) is 6.22. The van der Waals surface area contributed by atoms with Gasteiger partial charge in [-0.05, 0) is 39.3 Å². The number of rotatable bonds is 7. The molecule has 1 rings (SSSR count). The van der Waals surface area contributed by atoms with Crippen LogP contribution < -0.4 is 0 Å². The van der Waals surface area contributed by atoms with Crippen LogP contribution in [-0.4, -0.2) is 61.2 Å². The number of carboxylic acid groups (broad SMARTS) is 1. The molecule has 0 heterocycles. The van der Waals surface area contributed by atoms with Crippen molar-refractivity contribution in [2.24, 2.45) is 5.92 Å². The molecule has 1 unspecified atom stereocenters. The number of nitrogens with zero attached hydrogens (tertiary/aromatic N) is 2. The van der Waals surface area contributed by atoms with E-state index < -0.39 is 5.97 Å². The molecule has 0 amide bonds. The van der Waals surface area contributed by atoms with Gasteiger partial charge in [0.2, 0.25) is 0 Å². The maximum absolute atomic E-state index is 10.8. The third kappa shape index (κ3) is 6.44. The maximum Gasteiger partial charge on any atom is 0.317 e. The zero-order valence-electron chi connectivity index (χ0n) is 10.9.